The lowest BCUT2D eigenvalue weighted by Gasteiger charge is -2.32. The van der Waals surface area contributed by atoms with Gasteiger partial charge in [0.25, 0.3) is 0 Å². The van der Waals surface area contributed by atoms with E-state index < -0.39 is 5.60 Å². The van der Waals surface area contributed by atoms with Gasteiger partial charge in [-0.2, -0.15) is 0 Å². The zero-order valence-corrected chi connectivity index (χ0v) is 15.8. The first-order chi connectivity index (χ1) is 12.5. The molecule has 0 unspecified atom stereocenters. The fourth-order valence-electron chi connectivity index (χ4n) is 3.20. The lowest BCUT2D eigenvalue weighted by Crippen LogP contribution is -2.43. The zero-order chi connectivity index (χ0) is 18.6. The average molecular weight is 356 g/mol. The minimum atomic E-state index is -1.03. The number of aliphatic hydroxyl groups is 1. The van der Waals surface area contributed by atoms with Crippen molar-refractivity contribution in [3.8, 4) is 11.5 Å². The van der Waals surface area contributed by atoms with Gasteiger partial charge in [-0.15, -0.1) is 0 Å². The molecule has 2 aromatic carbocycles. The molecule has 5 heteroatoms. The number of nitrogens with one attached hydrogen (secondary N) is 1. The van der Waals surface area contributed by atoms with Crippen LogP contribution in [0.15, 0.2) is 42.5 Å². The molecule has 1 aliphatic heterocycles. The molecule has 3 rings (SSSR count). The maximum Gasteiger partial charge on any atom is 0.142 e. The monoisotopic (exact) mass is 356 g/mol. The minimum Gasteiger partial charge on any atom is -0.495 e. The van der Waals surface area contributed by atoms with Crippen LogP contribution in [0.5, 0.6) is 11.5 Å². The van der Waals surface area contributed by atoms with Crippen molar-refractivity contribution in [3.05, 3.63) is 53.6 Å². The number of hydrogen-bond donors (Lipinski definition) is 2. The summed E-state index contributed by atoms with van der Waals surface area (Å²) >= 11 is 0. The Morgan fingerprint density at radius 1 is 1.08 bits per heavy atom. The first-order valence-corrected chi connectivity index (χ1v) is 9.06. The van der Waals surface area contributed by atoms with Gasteiger partial charge in [-0.1, -0.05) is 30.3 Å². The van der Waals surface area contributed by atoms with Crippen molar-refractivity contribution < 1.29 is 14.6 Å². The van der Waals surface area contributed by atoms with E-state index in [4.69, 9.17) is 9.47 Å². The Labute approximate surface area is 155 Å². The van der Waals surface area contributed by atoms with Crippen molar-refractivity contribution in [2.45, 2.75) is 26.1 Å². The number of anilines is 1. The highest BCUT2D eigenvalue weighted by molar-refractivity contribution is 5.65. The fraction of sp³-hybridized carbons (Fsp3) is 0.429. The predicted octanol–water partition coefficient (Wildman–Crippen LogP) is 2.91. The SMILES string of the molecule is COc1cc(C(C)(C)O)c(OCc2ccccc2)cc1N1CCNCC1. The van der Waals surface area contributed by atoms with E-state index in [1.165, 1.54) is 0 Å². The quantitative estimate of drug-likeness (QED) is 0.834. The second kappa shape index (κ2) is 7.98. The molecule has 2 aromatic rings. The number of nitrogens with zero attached hydrogens (tertiary/aromatic N) is 1. The van der Waals surface area contributed by atoms with Crippen molar-refractivity contribution in [1.29, 1.82) is 0 Å². The Morgan fingerprint density at radius 2 is 1.77 bits per heavy atom. The molecule has 1 saturated heterocycles. The molecule has 0 aliphatic carbocycles. The second-order valence-corrected chi connectivity index (χ2v) is 7.09. The Hall–Kier alpha value is -2.24. The number of benzene rings is 2. The van der Waals surface area contributed by atoms with Crippen LogP contribution < -0.4 is 19.7 Å². The Morgan fingerprint density at radius 3 is 2.38 bits per heavy atom. The molecule has 0 spiro atoms. The molecule has 0 saturated carbocycles. The van der Waals surface area contributed by atoms with Crippen LogP contribution in [0.3, 0.4) is 0 Å². The lowest BCUT2D eigenvalue weighted by molar-refractivity contribution is 0.0741. The van der Waals surface area contributed by atoms with Crippen LogP contribution in [0.25, 0.3) is 0 Å². The van der Waals surface area contributed by atoms with Crippen LogP contribution in [0, 0.1) is 0 Å². The molecule has 1 aliphatic rings. The molecular weight excluding hydrogens is 328 g/mol. The molecule has 0 bridgehead atoms. The van der Waals surface area contributed by atoms with Gasteiger partial charge in [-0.05, 0) is 25.5 Å². The second-order valence-electron chi connectivity index (χ2n) is 7.09. The molecule has 5 nitrogen and oxygen atoms in total. The number of ether oxygens (including phenoxy) is 2. The van der Waals surface area contributed by atoms with Gasteiger partial charge in [0.05, 0.1) is 18.4 Å². The lowest BCUT2D eigenvalue weighted by atomic mass is 9.96. The Bertz CT molecular complexity index is 720. The van der Waals surface area contributed by atoms with Gasteiger partial charge in [-0.25, -0.2) is 0 Å². The summed E-state index contributed by atoms with van der Waals surface area (Å²) in [4.78, 5) is 2.29. The Balaban J connectivity index is 1.95. The topological polar surface area (TPSA) is 54.0 Å². The average Bonchev–Trinajstić information content (AvgIpc) is 2.66. The molecule has 1 fully saturated rings. The van der Waals surface area contributed by atoms with Crippen molar-refractivity contribution >= 4 is 5.69 Å². The van der Waals surface area contributed by atoms with Crippen LogP contribution in [0.1, 0.15) is 25.0 Å². The summed E-state index contributed by atoms with van der Waals surface area (Å²) in [6.07, 6.45) is 0. The molecular formula is C21H28N2O3. The highest BCUT2D eigenvalue weighted by Gasteiger charge is 2.26. The molecule has 26 heavy (non-hydrogen) atoms. The normalized spacial score (nSPS) is 15.0. The molecule has 140 valence electrons. The highest BCUT2D eigenvalue weighted by atomic mass is 16.5. The first kappa shape index (κ1) is 18.5. The summed E-state index contributed by atoms with van der Waals surface area (Å²) in [5.41, 5.74) is 1.80. The van der Waals surface area contributed by atoms with Crippen LogP contribution in [0.4, 0.5) is 5.69 Å². The van der Waals surface area contributed by atoms with E-state index in [-0.39, 0.29) is 0 Å². The third-order valence-corrected chi connectivity index (χ3v) is 4.64. The van der Waals surface area contributed by atoms with Crippen LogP contribution in [-0.4, -0.2) is 38.4 Å². The third kappa shape index (κ3) is 4.29. The van der Waals surface area contributed by atoms with Crippen molar-refractivity contribution in [1.82, 2.24) is 5.32 Å². The number of piperazine rings is 1. The standard InChI is InChI=1S/C21H28N2O3/c1-21(2,24)17-13-20(25-3)18(23-11-9-22-10-12-23)14-19(17)26-15-16-7-5-4-6-8-16/h4-8,13-14,22,24H,9-12,15H2,1-3H3. The molecule has 0 aromatic heterocycles. The van der Waals surface area contributed by atoms with Crippen molar-refractivity contribution in [2.24, 2.45) is 0 Å². The van der Waals surface area contributed by atoms with Gasteiger partial charge in [-0.3, -0.25) is 0 Å². The van der Waals surface area contributed by atoms with E-state index in [0.717, 1.165) is 48.7 Å². The zero-order valence-electron chi connectivity index (χ0n) is 15.8. The highest BCUT2D eigenvalue weighted by Crippen LogP contribution is 2.40. The van der Waals surface area contributed by atoms with Crippen LogP contribution in [0.2, 0.25) is 0 Å². The summed E-state index contributed by atoms with van der Waals surface area (Å²) in [6.45, 7) is 7.69. The van der Waals surface area contributed by atoms with Gasteiger partial charge >= 0.3 is 0 Å². The van der Waals surface area contributed by atoms with E-state index in [2.05, 4.69) is 10.2 Å². The molecule has 1 heterocycles. The van der Waals surface area contributed by atoms with Crippen LogP contribution in [-0.2, 0) is 12.2 Å². The van der Waals surface area contributed by atoms with E-state index >= 15 is 0 Å². The summed E-state index contributed by atoms with van der Waals surface area (Å²) in [5.74, 6) is 1.45. The van der Waals surface area contributed by atoms with Gasteiger partial charge in [0.15, 0.2) is 0 Å². The summed E-state index contributed by atoms with van der Waals surface area (Å²) in [7, 11) is 1.67. The maximum atomic E-state index is 10.6. The van der Waals surface area contributed by atoms with E-state index in [9.17, 15) is 5.11 Å². The van der Waals surface area contributed by atoms with E-state index in [1.54, 1.807) is 21.0 Å². The van der Waals surface area contributed by atoms with Crippen molar-refractivity contribution in [3.63, 3.8) is 0 Å². The van der Waals surface area contributed by atoms with Gasteiger partial charge in [0, 0.05) is 37.8 Å². The molecule has 0 radical (unpaired) electrons. The predicted molar refractivity (Wildman–Crippen MR) is 104 cm³/mol. The molecule has 0 atom stereocenters. The van der Waals surface area contributed by atoms with Crippen LogP contribution >= 0.6 is 0 Å². The van der Waals surface area contributed by atoms with E-state index in [1.807, 2.05) is 42.5 Å². The summed E-state index contributed by atoms with van der Waals surface area (Å²) in [6, 6.07) is 13.9. The van der Waals surface area contributed by atoms with Crippen molar-refractivity contribution in [2.75, 3.05) is 38.2 Å². The molecule has 2 N–H and O–H groups in total. The number of rotatable bonds is 6. The summed E-state index contributed by atoms with van der Waals surface area (Å²) < 4.78 is 11.7. The van der Waals surface area contributed by atoms with Gasteiger partial charge in [0.2, 0.25) is 0 Å². The largest absolute Gasteiger partial charge is 0.495 e. The Kier molecular flexibility index (Phi) is 5.69. The van der Waals surface area contributed by atoms with Gasteiger partial charge in [0.1, 0.15) is 18.1 Å². The fourth-order valence-corrected chi connectivity index (χ4v) is 3.20. The molecule has 0 amide bonds. The van der Waals surface area contributed by atoms with Gasteiger partial charge < -0.3 is 24.8 Å². The first-order valence-electron chi connectivity index (χ1n) is 9.06. The smallest absolute Gasteiger partial charge is 0.142 e. The number of methoxy groups -OCH3 is 1. The number of hydrogen-bond acceptors (Lipinski definition) is 5. The minimum absolute atomic E-state index is 0.456. The third-order valence-electron chi connectivity index (χ3n) is 4.64. The summed E-state index contributed by atoms with van der Waals surface area (Å²) in [5, 5.41) is 14.0. The maximum absolute atomic E-state index is 10.6. The van der Waals surface area contributed by atoms with E-state index in [0.29, 0.717) is 12.4 Å².